The van der Waals surface area contributed by atoms with Gasteiger partial charge in [-0.2, -0.15) is 0 Å². The van der Waals surface area contributed by atoms with E-state index < -0.39 is 23.5 Å². The Balaban J connectivity index is 1.47. The summed E-state index contributed by atoms with van der Waals surface area (Å²) in [4.78, 5) is 33.5. The molecule has 0 aromatic heterocycles. The number of hydrogen-bond acceptors (Lipinski definition) is 7. The summed E-state index contributed by atoms with van der Waals surface area (Å²) in [5, 5.41) is 15.1. The van der Waals surface area contributed by atoms with E-state index in [4.69, 9.17) is 14.2 Å². The molecule has 26 heavy (non-hydrogen) atoms. The molecular formula is C16H13N3O7. The van der Waals surface area contributed by atoms with Crippen molar-refractivity contribution in [3.63, 3.8) is 0 Å². The number of amides is 3. The molecule has 10 heteroatoms. The number of benzene rings is 2. The maximum absolute atomic E-state index is 11.8. The molecule has 10 nitrogen and oxygen atoms in total. The van der Waals surface area contributed by atoms with Gasteiger partial charge in [-0.15, -0.1) is 0 Å². The van der Waals surface area contributed by atoms with Crippen LogP contribution in [0.3, 0.4) is 0 Å². The van der Waals surface area contributed by atoms with Crippen molar-refractivity contribution in [1.82, 2.24) is 5.32 Å². The number of nitrogens with one attached hydrogen (secondary N) is 2. The molecule has 0 saturated carbocycles. The molecule has 0 spiro atoms. The van der Waals surface area contributed by atoms with Crippen molar-refractivity contribution in [2.24, 2.45) is 0 Å². The molecule has 0 unspecified atom stereocenters. The number of non-ortho nitro benzene ring substituents is 1. The zero-order valence-electron chi connectivity index (χ0n) is 13.3. The number of carbonyl (C=O) groups is 2. The van der Waals surface area contributed by atoms with Crippen molar-refractivity contribution in [3.8, 4) is 17.2 Å². The van der Waals surface area contributed by atoms with E-state index in [1.807, 2.05) is 0 Å². The predicted octanol–water partition coefficient (Wildman–Crippen LogP) is 2.05. The Kier molecular flexibility index (Phi) is 4.83. The first-order chi connectivity index (χ1) is 12.5. The molecule has 0 radical (unpaired) electrons. The van der Waals surface area contributed by atoms with E-state index in [-0.39, 0.29) is 18.2 Å². The van der Waals surface area contributed by atoms with Gasteiger partial charge in [0, 0.05) is 23.9 Å². The third kappa shape index (κ3) is 4.17. The summed E-state index contributed by atoms with van der Waals surface area (Å²) < 4.78 is 15.5. The van der Waals surface area contributed by atoms with Crippen LogP contribution in [0.25, 0.3) is 0 Å². The number of nitro benzene ring substituents is 1. The Morgan fingerprint density at radius 3 is 2.58 bits per heavy atom. The largest absolute Gasteiger partial charge is 0.484 e. The van der Waals surface area contributed by atoms with E-state index in [2.05, 4.69) is 10.6 Å². The van der Waals surface area contributed by atoms with E-state index in [0.717, 1.165) is 0 Å². The third-order valence-electron chi connectivity index (χ3n) is 3.30. The van der Waals surface area contributed by atoms with Gasteiger partial charge in [0.25, 0.3) is 11.6 Å². The number of ether oxygens (including phenoxy) is 3. The van der Waals surface area contributed by atoms with Gasteiger partial charge in [0.05, 0.1) is 4.92 Å². The highest BCUT2D eigenvalue weighted by Crippen LogP contribution is 2.34. The Hall–Kier alpha value is -3.82. The Labute approximate surface area is 146 Å². The molecule has 1 aliphatic heterocycles. The number of imide groups is 1. The van der Waals surface area contributed by atoms with Crippen molar-refractivity contribution in [1.29, 1.82) is 0 Å². The maximum Gasteiger partial charge on any atom is 0.325 e. The number of carbonyl (C=O) groups excluding carboxylic acids is 2. The Morgan fingerprint density at radius 2 is 1.85 bits per heavy atom. The molecule has 0 aliphatic carbocycles. The molecule has 3 rings (SSSR count). The number of anilines is 1. The van der Waals surface area contributed by atoms with Crippen LogP contribution in [-0.2, 0) is 4.79 Å². The minimum absolute atomic E-state index is 0.0927. The number of nitrogens with zero attached hydrogens (tertiary/aromatic N) is 1. The van der Waals surface area contributed by atoms with Crippen LogP contribution in [0.5, 0.6) is 17.2 Å². The number of rotatable bonds is 5. The summed E-state index contributed by atoms with van der Waals surface area (Å²) in [5.41, 5.74) is 0.334. The summed E-state index contributed by atoms with van der Waals surface area (Å²) in [5.74, 6) is 0.655. The summed E-state index contributed by atoms with van der Waals surface area (Å²) in [6.07, 6.45) is 0. The van der Waals surface area contributed by atoms with Crippen molar-refractivity contribution < 1.29 is 28.7 Å². The monoisotopic (exact) mass is 359 g/mol. The van der Waals surface area contributed by atoms with E-state index in [1.54, 1.807) is 18.2 Å². The predicted molar refractivity (Wildman–Crippen MR) is 88.3 cm³/mol. The minimum atomic E-state index is -0.735. The quantitative estimate of drug-likeness (QED) is 0.617. The van der Waals surface area contributed by atoms with Crippen LogP contribution in [0.15, 0.2) is 42.5 Å². The van der Waals surface area contributed by atoms with Gasteiger partial charge in [0.2, 0.25) is 6.79 Å². The van der Waals surface area contributed by atoms with Crippen molar-refractivity contribution in [3.05, 3.63) is 52.6 Å². The maximum atomic E-state index is 11.8. The lowest BCUT2D eigenvalue weighted by atomic mass is 10.3. The molecule has 2 N–H and O–H groups in total. The first-order valence-corrected chi connectivity index (χ1v) is 7.39. The molecular weight excluding hydrogens is 346 g/mol. The van der Waals surface area contributed by atoms with Gasteiger partial charge in [0.15, 0.2) is 18.1 Å². The zero-order chi connectivity index (χ0) is 18.5. The van der Waals surface area contributed by atoms with Gasteiger partial charge in [-0.1, -0.05) is 0 Å². The molecule has 134 valence electrons. The normalized spacial score (nSPS) is 11.5. The molecule has 0 bridgehead atoms. The standard InChI is InChI=1S/C16H13N3O7/c20-15(8-24-12-4-2-11(3-5-12)19(22)23)18-16(21)17-10-1-6-13-14(7-10)26-9-25-13/h1-7H,8-9H2,(H2,17,18,20,21). The van der Waals surface area contributed by atoms with Gasteiger partial charge >= 0.3 is 6.03 Å². The first kappa shape index (κ1) is 17.0. The second-order valence-electron chi connectivity index (χ2n) is 5.11. The fraction of sp³-hybridized carbons (Fsp3) is 0.125. The van der Waals surface area contributed by atoms with Crippen LogP contribution in [0.2, 0.25) is 0 Å². The molecule has 2 aromatic carbocycles. The van der Waals surface area contributed by atoms with Crippen LogP contribution in [0.4, 0.5) is 16.2 Å². The number of hydrogen-bond donors (Lipinski definition) is 2. The van der Waals surface area contributed by atoms with Gasteiger partial charge in [0.1, 0.15) is 5.75 Å². The lowest BCUT2D eigenvalue weighted by Crippen LogP contribution is -2.37. The summed E-state index contributed by atoms with van der Waals surface area (Å²) >= 11 is 0. The first-order valence-electron chi connectivity index (χ1n) is 7.39. The highest BCUT2D eigenvalue weighted by atomic mass is 16.7. The van der Waals surface area contributed by atoms with Crippen molar-refractivity contribution in [2.75, 3.05) is 18.7 Å². The average molecular weight is 359 g/mol. The lowest BCUT2D eigenvalue weighted by molar-refractivity contribution is -0.384. The van der Waals surface area contributed by atoms with E-state index in [1.165, 1.54) is 24.3 Å². The summed E-state index contributed by atoms with van der Waals surface area (Å²) in [6.45, 7) is -0.310. The summed E-state index contributed by atoms with van der Waals surface area (Å²) in [6, 6.07) is 9.29. The second-order valence-corrected chi connectivity index (χ2v) is 5.11. The number of fused-ring (bicyclic) bond motifs is 1. The Bertz CT molecular complexity index is 851. The van der Waals surface area contributed by atoms with Crippen LogP contribution in [0.1, 0.15) is 0 Å². The molecule has 3 amide bonds. The topological polar surface area (TPSA) is 129 Å². The highest BCUT2D eigenvalue weighted by Gasteiger charge is 2.15. The molecule has 1 heterocycles. The van der Waals surface area contributed by atoms with Crippen molar-refractivity contribution >= 4 is 23.3 Å². The van der Waals surface area contributed by atoms with E-state index in [9.17, 15) is 19.7 Å². The van der Waals surface area contributed by atoms with Gasteiger partial charge in [-0.25, -0.2) is 4.79 Å². The van der Waals surface area contributed by atoms with Crippen LogP contribution >= 0.6 is 0 Å². The van der Waals surface area contributed by atoms with Crippen molar-refractivity contribution in [2.45, 2.75) is 0 Å². The molecule has 0 atom stereocenters. The SMILES string of the molecule is O=C(COc1ccc([N+](=O)[O-])cc1)NC(=O)Nc1ccc2c(c1)OCO2. The number of urea groups is 1. The fourth-order valence-corrected chi connectivity index (χ4v) is 2.11. The second kappa shape index (κ2) is 7.38. The fourth-order valence-electron chi connectivity index (χ4n) is 2.11. The van der Waals surface area contributed by atoms with Crippen LogP contribution in [0, 0.1) is 10.1 Å². The highest BCUT2D eigenvalue weighted by molar-refractivity contribution is 6.01. The Morgan fingerprint density at radius 1 is 1.12 bits per heavy atom. The van der Waals surface area contributed by atoms with E-state index >= 15 is 0 Å². The summed E-state index contributed by atoms with van der Waals surface area (Å²) in [7, 11) is 0. The smallest absolute Gasteiger partial charge is 0.325 e. The molecule has 1 aliphatic rings. The van der Waals surface area contributed by atoms with E-state index in [0.29, 0.717) is 17.2 Å². The third-order valence-corrected chi connectivity index (χ3v) is 3.30. The van der Waals surface area contributed by atoms with Gasteiger partial charge in [-0.05, 0) is 24.3 Å². The molecule has 0 saturated heterocycles. The molecule has 2 aromatic rings. The molecule has 0 fully saturated rings. The minimum Gasteiger partial charge on any atom is -0.484 e. The van der Waals surface area contributed by atoms with Gasteiger partial charge in [-0.3, -0.25) is 20.2 Å². The van der Waals surface area contributed by atoms with Crippen LogP contribution in [-0.4, -0.2) is 30.3 Å². The zero-order valence-corrected chi connectivity index (χ0v) is 13.3. The van der Waals surface area contributed by atoms with Crippen LogP contribution < -0.4 is 24.8 Å². The average Bonchev–Trinajstić information content (AvgIpc) is 3.08. The van der Waals surface area contributed by atoms with Gasteiger partial charge < -0.3 is 19.5 Å². The number of nitro groups is 1. The lowest BCUT2D eigenvalue weighted by Gasteiger charge is -2.08.